The molecule has 0 N–H and O–H groups in total. The van der Waals surface area contributed by atoms with Crippen molar-refractivity contribution in [1.82, 2.24) is 4.90 Å². The van der Waals surface area contributed by atoms with Crippen LogP contribution in [0.3, 0.4) is 0 Å². The lowest BCUT2D eigenvalue weighted by molar-refractivity contribution is -0.133. The monoisotopic (exact) mass is 243 g/mol. The summed E-state index contributed by atoms with van der Waals surface area (Å²) < 4.78 is 0. The molecule has 1 heterocycles. The highest BCUT2D eigenvalue weighted by Crippen LogP contribution is 2.42. The quantitative estimate of drug-likeness (QED) is 0.795. The molecule has 0 radical (unpaired) electrons. The minimum Gasteiger partial charge on any atom is -0.299 e. The van der Waals surface area contributed by atoms with Crippen LogP contribution in [0.5, 0.6) is 0 Å². The minimum atomic E-state index is 0.0209. The van der Waals surface area contributed by atoms with E-state index in [-0.39, 0.29) is 5.41 Å². The molecule has 2 fully saturated rings. The van der Waals surface area contributed by atoms with E-state index >= 15 is 0 Å². The summed E-state index contributed by atoms with van der Waals surface area (Å²) in [6.07, 6.45) is 5.48. The molecule has 1 aromatic carbocycles. The molecule has 0 bridgehead atoms. The molecule has 18 heavy (non-hydrogen) atoms. The van der Waals surface area contributed by atoms with Crippen molar-refractivity contribution in [3.8, 4) is 0 Å². The first kappa shape index (κ1) is 11.9. The summed E-state index contributed by atoms with van der Waals surface area (Å²) in [6.45, 7) is 2.92. The Morgan fingerprint density at radius 3 is 2.56 bits per heavy atom. The topological polar surface area (TPSA) is 20.3 Å². The van der Waals surface area contributed by atoms with Gasteiger partial charge in [0.15, 0.2) is 0 Å². The Kier molecular flexibility index (Phi) is 3.21. The summed E-state index contributed by atoms with van der Waals surface area (Å²) in [7, 11) is 0. The lowest BCUT2D eigenvalue weighted by Crippen LogP contribution is -2.47. The van der Waals surface area contributed by atoms with Gasteiger partial charge in [-0.05, 0) is 18.4 Å². The molecule has 96 valence electrons. The predicted molar refractivity (Wildman–Crippen MR) is 72.2 cm³/mol. The Bertz CT molecular complexity index is 420. The molecule has 2 aliphatic rings. The first-order valence-corrected chi connectivity index (χ1v) is 7.08. The Morgan fingerprint density at radius 1 is 1.11 bits per heavy atom. The highest BCUT2D eigenvalue weighted by Gasteiger charge is 2.44. The molecule has 0 atom stereocenters. The largest absolute Gasteiger partial charge is 0.299 e. The third-order valence-corrected chi connectivity index (χ3v) is 4.58. The van der Waals surface area contributed by atoms with Crippen LogP contribution in [-0.4, -0.2) is 23.8 Å². The lowest BCUT2D eigenvalue weighted by Gasteiger charge is -2.39. The van der Waals surface area contributed by atoms with E-state index in [1.54, 1.807) is 0 Å². The Morgan fingerprint density at radius 2 is 1.83 bits per heavy atom. The summed E-state index contributed by atoms with van der Waals surface area (Å²) in [5.41, 5.74) is 1.38. The average Bonchev–Trinajstić information content (AvgIpc) is 2.85. The van der Waals surface area contributed by atoms with Gasteiger partial charge in [-0.25, -0.2) is 0 Å². The molecule has 2 nitrogen and oxygen atoms in total. The second-order valence-electron chi connectivity index (χ2n) is 5.86. The van der Waals surface area contributed by atoms with Crippen molar-refractivity contribution in [3.05, 3.63) is 35.9 Å². The molecule has 0 amide bonds. The molecule has 1 spiro atoms. The molecule has 0 unspecified atom stereocenters. The van der Waals surface area contributed by atoms with Crippen LogP contribution in [-0.2, 0) is 11.3 Å². The van der Waals surface area contributed by atoms with Gasteiger partial charge in [0, 0.05) is 31.5 Å². The summed E-state index contributed by atoms with van der Waals surface area (Å²) in [4.78, 5) is 14.7. The van der Waals surface area contributed by atoms with E-state index in [4.69, 9.17) is 0 Å². The van der Waals surface area contributed by atoms with Crippen LogP contribution < -0.4 is 0 Å². The van der Waals surface area contributed by atoms with Crippen LogP contribution in [0, 0.1) is 5.41 Å². The van der Waals surface area contributed by atoms with Gasteiger partial charge in [0.25, 0.3) is 0 Å². The van der Waals surface area contributed by atoms with Gasteiger partial charge in [0.1, 0.15) is 5.78 Å². The smallest absolute Gasteiger partial charge is 0.141 e. The van der Waals surface area contributed by atoms with Gasteiger partial charge in [0.05, 0.1) is 0 Å². The lowest BCUT2D eigenvalue weighted by atomic mass is 9.77. The van der Waals surface area contributed by atoms with E-state index in [1.165, 1.54) is 18.4 Å². The molecule has 1 saturated carbocycles. The van der Waals surface area contributed by atoms with Crippen molar-refractivity contribution >= 4 is 5.78 Å². The number of benzene rings is 1. The van der Waals surface area contributed by atoms with Crippen molar-refractivity contribution in [2.45, 2.75) is 38.6 Å². The van der Waals surface area contributed by atoms with Gasteiger partial charge in [-0.15, -0.1) is 0 Å². The maximum absolute atomic E-state index is 12.2. The van der Waals surface area contributed by atoms with Crippen molar-refractivity contribution in [3.63, 3.8) is 0 Å². The van der Waals surface area contributed by atoms with Crippen molar-refractivity contribution < 1.29 is 4.79 Å². The fourth-order valence-corrected chi connectivity index (χ4v) is 3.59. The molecule has 1 saturated heterocycles. The molecular formula is C16H21NO. The van der Waals surface area contributed by atoms with Gasteiger partial charge in [-0.1, -0.05) is 43.2 Å². The second kappa shape index (κ2) is 4.85. The van der Waals surface area contributed by atoms with E-state index in [2.05, 4.69) is 35.2 Å². The normalized spacial score (nSPS) is 23.7. The van der Waals surface area contributed by atoms with E-state index in [1.807, 2.05) is 0 Å². The van der Waals surface area contributed by atoms with Gasteiger partial charge >= 0.3 is 0 Å². The summed E-state index contributed by atoms with van der Waals surface area (Å²) >= 11 is 0. The number of carbonyl (C=O) groups excluding carboxylic acids is 1. The Hall–Kier alpha value is -1.15. The zero-order valence-electron chi connectivity index (χ0n) is 10.9. The highest BCUT2D eigenvalue weighted by atomic mass is 16.1. The Labute approximate surface area is 109 Å². The SMILES string of the molecule is O=C1CCN(Cc2ccccc2)CC12CCCC2. The number of likely N-dealkylation sites (tertiary alicyclic amines) is 1. The molecule has 1 aromatic rings. The Balaban J connectivity index is 1.70. The second-order valence-corrected chi connectivity index (χ2v) is 5.86. The van der Waals surface area contributed by atoms with Crippen molar-refractivity contribution in [2.24, 2.45) is 5.41 Å². The molecule has 0 aromatic heterocycles. The summed E-state index contributed by atoms with van der Waals surface area (Å²) in [6, 6.07) is 10.6. The maximum atomic E-state index is 12.2. The van der Waals surface area contributed by atoms with Crippen molar-refractivity contribution in [2.75, 3.05) is 13.1 Å². The highest BCUT2D eigenvalue weighted by molar-refractivity contribution is 5.86. The summed E-state index contributed by atoms with van der Waals surface area (Å²) in [5, 5.41) is 0. The van der Waals surface area contributed by atoms with Crippen LogP contribution >= 0.6 is 0 Å². The van der Waals surface area contributed by atoms with Crippen molar-refractivity contribution in [1.29, 1.82) is 0 Å². The number of carbonyl (C=O) groups is 1. The van der Waals surface area contributed by atoms with Crippen LogP contribution in [0.2, 0.25) is 0 Å². The number of piperidine rings is 1. The van der Waals surface area contributed by atoms with Crippen LogP contribution in [0.15, 0.2) is 30.3 Å². The standard InChI is InChI=1S/C16H21NO/c18-15-8-11-17(12-14-6-2-1-3-7-14)13-16(15)9-4-5-10-16/h1-3,6-7H,4-5,8-13H2. The van der Waals surface area contributed by atoms with Gasteiger partial charge in [-0.2, -0.15) is 0 Å². The minimum absolute atomic E-state index is 0.0209. The zero-order valence-corrected chi connectivity index (χ0v) is 10.9. The van der Waals surface area contributed by atoms with E-state index in [0.29, 0.717) is 5.78 Å². The third kappa shape index (κ3) is 2.22. The third-order valence-electron chi connectivity index (χ3n) is 4.58. The van der Waals surface area contributed by atoms with Gasteiger partial charge in [-0.3, -0.25) is 9.69 Å². The molecule has 2 heteroatoms. The molecular weight excluding hydrogens is 222 g/mol. The van der Waals surface area contributed by atoms with E-state index in [0.717, 1.165) is 38.9 Å². The fourth-order valence-electron chi connectivity index (χ4n) is 3.59. The molecule has 1 aliphatic heterocycles. The number of Topliss-reactive ketones (excluding diaryl/α,β-unsaturated/α-hetero) is 1. The predicted octanol–water partition coefficient (Wildman–Crippen LogP) is 3.02. The fraction of sp³-hybridized carbons (Fsp3) is 0.562. The van der Waals surface area contributed by atoms with Gasteiger partial charge in [0.2, 0.25) is 0 Å². The van der Waals surface area contributed by atoms with Crippen LogP contribution in [0.4, 0.5) is 0 Å². The number of rotatable bonds is 2. The van der Waals surface area contributed by atoms with E-state index < -0.39 is 0 Å². The molecule has 1 aliphatic carbocycles. The number of nitrogens with zero attached hydrogens (tertiary/aromatic N) is 1. The van der Waals surface area contributed by atoms with E-state index in [9.17, 15) is 4.79 Å². The zero-order chi connectivity index (χ0) is 12.4. The maximum Gasteiger partial charge on any atom is 0.141 e. The summed E-state index contributed by atoms with van der Waals surface area (Å²) in [5.74, 6) is 0.532. The average molecular weight is 243 g/mol. The van der Waals surface area contributed by atoms with Crippen LogP contribution in [0.1, 0.15) is 37.7 Å². The van der Waals surface area contributed by atoms with Crippen LogP contribution in [0.25, 0.3) is 0 Å². The number of hydrogen-bond donors (Lipinski definition) is 0. The first-order chi connectivity index (χ1) is 8.78. The first-order valence-electron chi connectivity index (χ1n) is 7.08. The molecule has 3 rings (SSSR count). The van der Waals surface area contributed by atoms with Gasteiger partial charge < -0.3 is 0 Å². The number of ketones is 1. The number of hydrogen-bond acceptors (Lipinski definition) is 2.